The van der Waals surface area contributed by atoms with Crippen LogP contribution >= 0.6 is 0 Å². The number of hydrogen-bond donors (Lipinski definition) is 2. The Labute approximate surface area is 88.8 Å². The maximum absolute atomic E-state index is 11.2. The molecule has 86 valence electrons. The van der Waals surface area contributed by atoms with Crippen molar-refractivity contribution in [2.24, 2.45) is 0 Å². The molecule has 1 atom stereocenters. The smallest absolute Gasteiger partial charge is 0.303 e. The maximum Gasteiger partial charge on any atom is 0.303 e. The number of carboxylic acid groups (broad SMARTS) is 1. The SMILES string of the molecule is CC1(CNC(=O)CCC(=O)O)CCCO1. The average molecular weight is 215 g/mol. The van der Waals surface area contributed by atoms with Gasteiger partial charge in [-0.1, -0.05) is 0 Å². The van der Waals surface area contributed by atoms with E-state index >= 15 is 0 Å². The Balaban J connectivity index is 2.18. The Kier molecular flexibility index (Phi) is 4.08. The fraction of sp³-hybridized carbons (Fsp3) is 0.800. The molecule has 1 aliphatic heterocycles. The highest BCUT2D eigenvalue weighted by Crippen LogP contribution is 2.23. The number of rotatable bonds is 5. The third kappa shape index (κ3) is 4.29. The van der Waals surface area contributed by atoms with Crippen molar-refractivity contribution in [3.05, 3.63) is 0 Å². The van der Waals surface area contributed by atoms with Crippen LogP contribution in [0.15, 0.2) is 0 Å². The minimum Gasteiger partial charge on any atom is -0.481 e. The largest absolute Gasteiger partial charge is 0.481 e. The van der Waals surface area contributed by atoms with Gasteiger partial charge in [-0.2, -0.15) is 0 Å². The zero-order chi connectivity index (χ0) is 11.3. The molecule has 0 aliphatic carbocycles. The first-order valence-corrected chi connectivity index (χ1v) is 5.14. The van der Waals surface area contributed by atoms with E-state index in [1.807, 2.05) is 6.92 Å². The van der Waals surface area contributed by atoms with E-state index in [4.69, 9.17) is 9.84 Å². The monoisotopic (exact) mass is 215 g/mol. The highest BCUT2D eigenvalue weighted by atomic mass is 16.5. The van der Waals surface area contributed by atoms with E-state index < -0.39 is 5.97 Å². The standard InChI is InChI=1S/C10H17NO4/c1-10(5-2-6-15-10)7-11-8(12)3-4-9(13)14/h2-7H2,1H3,(H,11,12)(H,13,14). The van der Waals surface area contributed by atoms with Gasteiger partial charge in [0.15, 0.2) is 0 Å². The van der Waals surface area contributed by atoms with Gasteiger partial charge in [0.25, 0.3) is 0 Å². The number of nitrogens with one attached hydrogen (secondary N) is 1. The van der Waals surface area contributed by atoms with Gasteiger partial charge in [0.1, 0.15) is 0 Å². The van der Waals surface area contributed by atoms with Gasteiger partial charge in [-0.3, -0.25) is 9.59 Å². The van der Waals surface area contributed by atoms with Gasteiger partial charge < -0.3 is 15.2 Å². The lowest BCUT2D eigenvalue weighted by Crippen LogP contribution is -2.40. The summed E-state index contributed by atoms with van der Waals surface area (Å²) in [6, 6.07) is 0. The first-order chi connectivity index (χ1) is 7.02. The second-order valence-corrected chi connectivity index (χ2v) is 4.07. The number of amides is 1. The normalized spacial score (nSPS) is 25.1. The predicted molar refractivity (Wildman–Crippen MR) is 53.5 cm³/mol. The summed E-state index contributed by atoms with van der Waals surface area (Å²) < 4.78 is 5.49. The topological polar surface area (TPSA) is 75.6 Å². The van der Waals surface area contributed by atoms with Crippen molar-refractivity contribution in [2.75, 3.05) is 13.2 Å². The molecule has 1 amide bonds. The third-order valence-electron chi connectivity index (χ3n) is 2.53. The van der Waals surface area contributed by atoms with Crippen LogP contribution in [0.1, 0.15) is 32.6 Å². The minimum atomic E-state index is -0.950. The molecule has 1 heterocycles. The number of carbonyl (C=O) groups excluding carboxylic acids is 1. The molecule has 0 radical (unpaired) electrons. The molecule has 0 aromatic heterocycles. The Morgan fingerprint density at radius 2 is 2.20 bits per heavy atom. The van der Waals surface area contributed by atoms with Gasteiger partial charge in [0, 0.05) is 19.6 Å². The number of aliphatic carboxylic acids is 1. The van der Waals surface area contributed by atoms with Crippen LogP contribution in [0.5, 0.6) is 0 Å². The molecule has 1 rings (SSSR count). The van der Waals surface area contributed by atoms with Gasteiger partial charge in [-0.25, -0.2) is 0 Å². The van der Waals surface area contributed by atoms with Crippen LogP contribution in [0.2, 0.25) is 0 Å². The fourth-order valence-electron chi connectivity index (χ4n) is 1.57. The third-order valence-corrected chi connectivity index (χ3v) is 2.53. The average Bonchev–Trinajstić information content (AvgIpc) is 2.60. The van der Waals surface area contributed by atoms with E-state index in [2.05, 4.69) is 5.32 Å². The summed E-state index contributed by atoms with van der Waals surface area (Å²) in [4.78, 5) is 21.4. The van der Waals surface area contributed by atoms with E-state index in [0.717, 1.165) is 19.4 Å². The summed E-state index contributed by atoms with van der Waals surface area (Å²) in [7, 11) is 0. The number of carbonyl (C=O) groups is 2. The lowest BCUT2D eigenvalue weighted by Gasteiger charge is -2.23. The molecule has 5 nitrogen and oxygen atoms in total. The molecular formula is C10H17NO4. The molecule has 2 N–H and O–H groups in total. The van der Waals surface area contributed by atoms with Crippen molar-refractivity contribution in [1.82, 2.24) is 5.32 Å². The molecule has 0 aromatic rings. The Morgan fingerprint density at radius 3 is 2.73 bits per heavy atom. The first-order valence-electron chi connectivity index (χ1n) is 5.14. The second kappa shape index (κ2) is 5.11. The molecule has 0 aromatic carbocycles. The predicted octanol–water partition coefficient (Wildman–Crippen LogP) is 0.536. The van der Waals surface area contributed by atoms with Gasteiger partial charge in [0.2, 0.25) is 5.91 Å². The van der Waals surface area contributed by atoms with E-state index in [0.29, 0.717) is 6.54 Å². The van der Waals surface area contributed by atoms with Crippen LogP contribution in [-0.4, -0.2) is 35.7 Å². The molecule has 1 fully saturated rings. The van der Waals surface area contributed by atoms with Crippen LogP contribution in [0.25, 0.3) is 0 Å². The summed E-state index contributed by atoms with van der Waals surface area (Å²) in [5.41, 5.74) is -0.265. The van der Waals surface area contributed by atoms with Crippen LogP contribution in [0, 0.1) is 0 Å². The van der Waals surface area contributed by atoms with Gasteiger partial charge in [0.05, 0.1) is 12.0 Å². The zero-order valence-electron chi connectivity index (χ0n) is 8.91. The fourth-order valence-corrected chi connectivity index (χ4v) is 1.57. The van der Waals surface area contributed by atoms with Crippen LogP contribution in [0.4, 0.5) is 0 Å². The Morgan fingerprint density at radius 1 is 1.47 bits per heavy atom. The highest BCUT2D eigenvalue weighted by Gasteiger charge is 2.29. The molecular weight excluding hydrogens is 198 g/mol. The van der Waals surface area contributed by atoms with Crippen molar-refractivity contribution in [3.63, 3.8) is 0 Å². The van der Waals surface area contributed by atoms with E-state index in [1.165, 1.54) is 0 Å². The van der Waals surface area contributed by atoms with Crippen LogP contribution in [0.3, 0.4) is 0 Å². The van der Waals surface area contributed by atoms with E-state index in [-0.39, 0.29) is 24.3 Å². The maximum atomic E-state index is 11.2. The van der Waals surface area contributed by atoms with Gasteiger partial charge in [-0.05, 0) is 19.8 Å². The van der Waals surface area contributed by atoms with E-state index in [9.17, 15) is 9.59 Å². The quantitative estimate of drug-likeness (QED) is 0.701. The Bertz CT molecular complexity index is 246. The molecule has 1 aliphatic rings. The Hall–Kier alpha value is -1.10. The molecule has 1 saturated heterocycles. The molecule has 1 unspecified atom stereocenters. The van der Waals surface area contributed by atoms with Crippen molar-refractivity contribution >= 4 is 11.9 Å². The number of carboxylic acids is 1. The highest BCUT2D eigenvalue weighted by molar-refractivity contribution is 5.80. The molecule has 0 spiro atoms. The van der Waals surface area contributed by atoms with Crippen molar-refractivity contribution in [3.8, 4) is 0 Å². The first kappa shape index (κ1) is 12.0. The van der Waals surface area contributed by atoms with Crippen molar-refractivity contribution in [1.29, 1.82) is 0 Å². The lowest BCUT2D eigenvalue weighted by molar-refractivity contribution is -0.138. The van der Waals surface area contributed by atoms with Gasteiger partial charge >= 0.3 is 5.97 Å². The lowest BCUT2D eigenvalue weighted by atomic mass is 10.0. The number of ether oxygens (including phenoxy) is 1. The zero-order valence-corrected chi connectivity index (χ0v) is 8.91. The summed E-state index contributed by atoms with van der Waals surface area (Å²) >= 11 is 0. The van der Waals surface area contributed by atoms with Crippen LogP contribution < -0.4 is 5.32 Å². The molecule has 5 heteroatoms. The summed E-state index contributed by atoms with van der Waals surface area (Å²) in [5.74, 6) is -1.18. The minimum absolute atomic E-state index is 0.0331. The van der Waals surface area contributed by atoms with Crippen molar-refractivity contribution < 1.29 is 19.4 Å². The molecule has 0 bridgehead atoms. The van der Waals surface area contributed by atoms with Crippen LogP contribution in [-0.2, 0) is 14.3 Å². The summed E-state index contributed by atoms with van der Waals surface area (Å²) in [6.07, 6.45) is 1.86. The van der Waals surface area contributed by atoms with Crippen molar-refractivity contribution in [2.45, 2.75) is 38.2 Å². The summed E-state index contributed by atoms with van der Waals surface area (Å²) in [5, 5.41) is 11.1. The number of hydrogen-bond acceptors (Lipinski definition) is 3. The summed E-state index contributed by atoms with van der Waals surface area (Å²) in [6.45, 7) is 3.16. The molecule has 15 heavy (non-hydrogen) atoms. The second-order valence-electron chi connectivity index (χ2n) is 4.07. The van der Waals surface area contributed by atoms with Gasteiger partial charge in [-0.15, -0.1) is 0 Å². The molecule has 0 saturated carbocycles. The van der Waals surface area contributed by atoms with E-state index in [1.54, 1.807) is 0 Å².